The molecule has 1 fully saturated rings. The van der Waals surface area contributed by atoms with Crippen LogP contribution in [-0.2, 0) is 0 Å². The van der Waals surface area contributed by atoms with Crippen LogP contribution in [0.25, 0.3) is 16.9 Å². The van der Waals surface area contributed by atoms with E-state index in [4.69, 9.17) is 0 Å². The van der Waals surface area contributed by atoms with E-state index in [9.17, 15) is 0 Å². The Morgan fingerprint density at radius 1 is 1.09 bits per heavy atom. The van der Waals surface area contributed by atoms with Gasteiger partial charge >= 0.3 is 0 Å². The molecular weight excluding hydrogens is 286 g/mol. The van der Waals surface area contributed by atoms with E-state index in [0.29, 0.717) is 11.8 Å². The van der Waals surface area contributed by atoms with Crippen LogP contribution in [0.2, 0.25) is 0 Å². The minimum atomic E-state index is 0.464. The zero-order valence-electron chi connectivity index (χ0n) is 13.6. The Hall–Kier alpha value is -2.27. The Morgan fingerprint density at radius 2 is 1.91 bits per heavy atom. The molecule has 1 atom stereocenters. The molecule has 118 valence electrons. The fourth-order valence-electron chi connectivity index (χ4n) is 3.36. The van der Waals surface area contributed by atoms with Crippen molar-refractivity contribution in [3.63, 3.8) is 0 Å². The summed E-state index contributed by atoms with van der Waals surface area (Å²) in [7, 11) is 0. The number of rotatable bonds is 3. The third-order valence-corrected chi connectivity index (χ3v) is 4.83. The van der Waals surface area contributed by atoms with Gasteiger partial charge in [0.2, 0.25) is 0 Å². The van der Waals surface area contributed by atoms with Crippen molar-refractivity contribution in [3.05, 3.63) is 48.0 Å². The third-order valence-electron chi connectivity index (χ3n) is 4.83. The lowest BCUT2D eigenvalue weighted by Gasteiger charge is -2.24. The molecular formula is C18H21N5. The van der Waals surface area contributed by atoms with Gasteiger partial charge in [-0.1, -0.05) is 18.2 Å². The van der Waals surface area contributed by atoms with Crippen LogP contribution in [0, 0.1) is 6.92 Å². The van der Waals surface area contributed by atoms with Crippen molar-refractivity contribution in [1.29, 1.82) is 0 Å². The van der Waals surface area contributed by atoms with Crippen LogP contribution < -0.4 is 0 Å². The van der Waals surface area contributed by atoms with Crippen LogP contribution in [0.4, 0.5) is 0 Å². The second-order valence-corrected chi connectivity index (χ2v) is 6.30. The molecule has 0 unspecified atom stereocenters. The summed E-state index contributed by atoms with van der Waals surface area (Å²) in [6.45, 7) is 6.66. The molecule has 0 amide bonds. The Kier molecular flexibility index (Phi) is 3.58. The Bertz CT molecular complexity index is 832. The summed E-state index contributed by atoms with van der Waals surface area (Å²) in [5.41, 5.74) is 3.65. The lowest BCUT2D eigenvalue weighted by atomic mass is 10.0. The maximum Gasteiger partial charge on any atom is 0.254 e. The molecule has 0 N–H and O–H groups in total. The van der Waals surface area contributed by atoms with Crippen LogP contribution in [0.3, 0.4) is 0 Å². The van der Waals surface area contributed by atoms with Gasteiger partial charge in [0.25, 0.3) is 5.78 Å². The number of benzene rings is 1. The van der Waals surface area contributed by atoms with Crippen molar-refractivity contribution in [3.8, 4) is 11.1 Å². The molecule has 3 aromatic rings. The first-order chi connectivity index (χ1) is 11.2. The van der Waals surface area contributed by atoms with E-state index in [2.05, 4.69) is 57.5 Å². The molecule has 1 aliphatic rings. The molecule has 5 heteroatoms. The Balaban J connectivity index is 1.70. The van der Waals surface area contributed by atoms with Crippen molar-refractivity contribution in [2.75, 3.05) is 13.1 Å². The van der Waals surface area contributed by atoms with Crippen LogP contribution in [-0.4, -0.2) is 37.6 Å². The smallest absolute Gasteiger partial charge is 0.254 e. The van der Waals surface area contributed by atoms with Gasteiger partial charge in [-0.05, 0) is 57.0 Å². The normalized spacial score (nSPS) is 17.0. The molecule has 0 saturated carbocycles. The van der Waals surface area contributed by atoms with E-state index >= 15 is 0 Å². The molecule has 0 radical (unpaired) electrons. The highest BCUT2D eigenvalue weighted by Crippen LogP contribution is 2.28. The number of aryl methyl sites for hydroxylation is 1. The van der Waals surface area contributed by atoms with Crippen LogP contribution in [0.15, 0.2) is 36.7 Å². The maximum absolute atomic E-state index is 4.41. The summed E-state index contributed by atoms with van der Waals surface area (Å²) in [6.07, 6.45) is 6.58. The first-order valence-electron chi connectivity index (χ1n) is 8.24. The maximum atomic E-state index is 4.41. The van der Waals surface area contributed by atoms with Gasteiger partial charge in [0.05, 0.1) is 0 Å². The van der Waals surface area contributed by atoms with Crippen molar-refractivity contribution >= 4 is 5.78 Å². The number of aromatic nitrogens is 4. The summed E-state index contributed by atoms with van der Waals surface area (Å²) in [4.78, 5) is 6.97. The number of likely N-dealkylation sites (tertiary alicyclic amines) is 1. The number of fused-ring (bicyclic) bond motifs is 1. The average molecular weight is 307 g/mol. The lowest BCUT2D eigenvalue weighted by molar-refractivity contribution is 0.263. The Labute approximate surface area is 136 Å². The number of hydrogen-bond acceptors (Lipinski definition) is 4. The fraction of sp³-hybridized carbons (Fsp3) is 0.389. The highest BCUT2D eigenvalue weighted by atomic mass is 15.3. The molecule has 0 spiro atoms. The standard InChI is InChI=1S/C18H21N5/c1-13(22-8-3-4-9-22)15-6-5-7-16(10-15)17-11-19-18-21-20-14(2)23(18)12-17/h5-7,10-13H,3-4,8-9H2,1-2H3/t13-/m1/s1. The highest BCUT2D eigenvalue weighted by molar-refractivity contribution is 5.63. The molecule has 2 aromatic heterocycles. The average Bonchev–Trinajstić information content (AvgIpc) is 3.25. The van der Waals surface area contributed by atoms with Crippen LogP contribution in [0.5, 0.6) is 0 Å². The van der Waals surface area contributed by atoms with E-state index in [1.54, 1.807) is 0 Å². The van der Waals surface area contributed by atoms with Crippen LogP contribution >= 0.6 is 0 Å². The summed E-state index contributed by atoms with van der Waals surface area (Å²) < 4.78 is 1.94. The van der Waals surface area contributed by atoms with E-state index in [1.807, 2.05) is 17.5 Å². The van der Waals surface area contributed by atoms with E-state index in [0.717, 1.165) is 11.4 Å². The van der Waals surface area contributed by atoms with Crippen molar-refractivity contribution in [1.82, 2.24) is 24.5 Å². The SMILES string of the molecule is Cc1nnc2ncc(-c3cccc([C@@H](C)N4CCCC4)c3)cn12. The molecule has 0 bridgehead atoms. The quantitative estimate of drug-likeness (QED) is 0.745. The van der Waals surface area contributed by atoms with Gasteiger partial charge in [0.15, 0.2) is 0 Å². The second kappa shape index (κ2) is 5.74. The first kappa shape index (κ1) is 14.3. The fourth-order valence-corrected chi connectivity index (χ4v) is 3.36. The van der Waals surface area contributed by atoms with Crippen molar-refractivity contribution in [2.24, 2.45) is 0 Å². The monoisotopic (exact) mass is 307 g/mol. The van der Waals surface area contributed by atoms with E-state index in [1.165, 1.54) is 37.1 Å². The molecule has 4 rings (SSSR count). The highest BCUT2D eigenvalue weighted by Gasteiger charge is 2.19. The summed E-state index contributed by atoms with van der Waals surface area (Å²) >= 11 is 0. The van der Waals surface area contributed by atoms with Crippen molar-refractivity contribution in [2.45, 2.75) is 32.7 Å². The number of hydrogen-bond donors (Lipinski definition) is 0. The van der Waals surface area contributed by atoms with Gasteiger partial charge in [0.1, 0.15) is 5.82 Å². The zero-order chi connectivity index (χ0) is 15.8. The van der Waals surface area contributed by atoms with Gasteiger partial charge in [-0.2, -0.15) is 0 Å². The molecule has 0 aliphatic carbocycles. The zero-order valence-corrected chi connectivity index (χ0v) is 13.6. The molecule has 5 nitrogen and oxygen atoms in total. The minimum absolute atomic E-state index is 0.464. The predicted molar refractivity (Wildman–Crippen MR) is 90.2 cm³/mol. The second-order valence-electron chi connectivity index (χ2n) is 6.30. The van der Waals surface area contributed by atoms with E-state index < -0.39 is 0 Å². The van der Waals surface area contributed by atoms with E-state index in [-0.39, 0.29) is 0 Å². The summed E-state index contributed by atoms with van der Waals surface area (Å²) in [5, 5.41) is 8.12. The first-order valence-corrected chi connectivity index (χ1v) is 8.24. The largest absolute Gasteiger partial charge is 0.297 e. The summed E-state index contributed by atoms with van der Waals surface area (Å²) in [5.74, 6) is 1.50. The predicted octanol–water partition coefficient (Wildman–Crippen LogP) is 3.26. The van der Waals surface area contributed by atoms with Gasteiger partial charge in [-0.25, -0.2) is 4.98 Å². The minimum Gasteiger partial charge on any atom is -0.297 e. The lowest BCUT2D eigenvalue weighted by Crippen LogP contribution is -2.23. The van der Waals surface area contributed by atoms with Gasteiger partial charge < -0.3 is 0 Å². The van der Waals surface area contributed by atoms with Crippen LogP contribution in [0.1, 0.15) is 37.2 Å². The molecule has 23 heavy (non-hydrogen) atoms. The van der Waals surface area contributed by atoms with Gasteiger partial charge in [-0.15, -0.1) is 10.2 Å². The molecule has 3 heterocycles. The van der Waals surface area contributed by atoms with Gasteiger partial charge in [0, 0.05) is 24.0 Å². The Morgan fingerprint density at radius 3 is 2.74 bits per heavy atom. The molecule has 1 aliphatic heterocycles. The van der Waals surface area contributed by atoms with Gasteiger partial charge in [-0.3, -0.25) is 9.30 Å². The number of nitrogens with zero attached hydrogens (tertiary/aromatic N) is 5. The van der Waals surface area contributed by atoms with Crippen molar-refractivity contribution < 1.29 is 0 Å². The summed E-state index contributed by atoms with van der Waals surface area (Å²) in [6, 6.07) is 9.25. The topological polar surface area (TPSA) is 46.3 Å². The third kappa shape index (κ3) is 2.61. The molecule has 1 aromatic carbocycles. The molecule has 1 saturated heterocycles.